The molecule has 1 atom stereocenters. The second-order valence-corrected chi connectivity index (χ2v) is 8.49. The minimum Gasteiger partial charge on any atom is -0.497 e. The molecule has 0 spiro atoms. The SMILES string of the molecule is CCNC(=NCC1(c2cccc(OC)c2)CCCC1)NC1CCCn2nc(C)nc21.I. The van der Waals surface area contributed by atoms with E-state index < -0.39 is 0 Å². The second kappa shape index (κ2) is 10.7. The highest BCUT2D eigenvalue weighted by Crippen LogP contribution is 2.42. The molecule has 1 saturated carbocycles. The molecule has 1 fully saturated rings. The summed E-state index contributed by atoms with van der Waals surface area (Å²) in [6, 6.07) is 8.68. The number of fused-ring (bicyclic) bond motifs is 1. The summed E-state index contributed by atoms with van der Waals surface area (Å²) in [5, 5.41) is 11.6. The minimum absolute atomic E-state index is 0. The number of guanidine groups is 1. The first-order valence-corrected chi connectivity index (χ1v) is 11.2. The number of methoxy groups -OCH3 is 1. The van der Waals surface area contributed by atoms with Gasteiger partial charge in [0.2, 0.25) is 0 Å². The lowest BCUT2D eigenvalue weighted by Crippen LogP contribution is -2.42. The largest absolute Gasteiger partial charge is 0.497 e. The molecular formula is C23H35IN6O. The normalized spacial score (nSPS) is 20.0. The molecule has 1 aliphatic heterocycles. The van der Waals surface area contributed by atoms with E-state index in [9.17, 15) is 0 Å². The van der Waals surface area contributed by atoms with Gasteiger partial charge < -0.3 is 15.4 Å². The lowest BCUT2D eigenvalue weighted by Gasteiger charge is -2.29. The Morgan fingerprint density at radius 3 is 2.84 bits per heavy atom. The van der Waals surface area contributed by atoms with Crippen molar-refractivity contribution in [3.8, 4) is 5.75 Å². The number of nitrogens with zero attached hydrogens (tertiary/aromatic N) is 4. The summed E-state index contributed by atoms with van der Waals surface area (Å²) >= 11 is 0. The van der Waals surface area contributed by atoms with Gasteiger partial charge in [0.05, 0.1) is 19.7 Å². The van der Waals surface area contributed by atoms with Crippen molar-refractivity contribution in [3.05, 3.63) is 41.5 Å². The topological polar surface area (TPSA) is 76.4 Å². The van der Waals surface area contributed by atoms with Crippen LogP contribution < -0.4 is 15.4 Å². The number of hydrogen-bond donors (Lipinski definition) is 2. The molecule has 0 bridgehead atoms. The Hall–Kier alpha value is -1.84. The van der Waals surface area contributed by atoms with Gasteiger partial charge in [-0.1, -0.05) is 25.0 Å². The van der Waals surface area contributed by atoms with Crippen molar-refractivity contribution in [1.82, 2.24) is 25.4 Å². The quantitative estimate of drug-likeness (QED) is 0.329. The summed E-state index contributed by atoms with van der Waals surface area (Å²) in [6.07, 6.45) is 6.98. The van der Waals surface area contributed by atoms with Crippen LogP contribution in [0.4, 0.5) is 0 Å². The van der Waals surface area contributed by atoms with Crippen molar-refractivity contribution >= 4 is 29.9 Å². The number of aryl methyl sites for hydroxylation is 2. The van der Waals surface area contributed by atoms with E-state index in [4.69, 9.17) is 9.73 Å². The fraction of sp³-hybridized carbons (Fsp3) is 0.609. The van der Waals surface area contributed by atoms with Gasteiger partial charge in [-0.05, 0) is 57.2 Å². The molecule has 2 aromatic rings. The Labute approximate surface area is 202 Å². The molecular weight excluding hydrogens is 503 g/mol. The minimum atomic E-state index is 0. The fourth-order valence-electron chi connectivity index (χ4n) is 4.86. The maximum atomic E-state index is 5.48. The van der Waals surface area contributed by atoms with Crippen LogP contribution in [0, 0.1) is 6.92 Å². The smallest absolute Gasteiger partial charge is 0.191 e. The van der Waals surface area contributed by atoms with Gasteiger partial charge in [0.25, 0.3) is 0 Å². The molecule has 0 amide bonds. The second-order valence-electron chi connectivity index (χ2n) is 8.49. The van der Waals surface area contributed by atoms with Crippen LogP contribution in [0.1, 0.15) is 68.7 Å². The van der Waals surface area contributed by atoms with Gasteiger partial charge >= 0.3 is 0 Å². The number of benzene rings is 1. The first-order chi connectivity index (χ1) is 14.6. The van der Waals surface area contributed by atoms with E-state index in [0.29, 0.717) is 0 Å². The van der Waals surface area contributed by atoms with Crippen LogP contribution in [-0.2, 0) is 12.0 Å². The standard InChI is InChI=1S/C23H34N6O.HI/c1-4-24-22(27-20-11-8-14-29-21(20)26-17(2)28-29)25-16-23(12-5-6-13-23)18-9-7-10-19(15-18)30-3;/h7,9-10,15,20H,4-6,8,11-14,16H2,1-3H3,(H2,24,25,27);1H. The molecule has 0 radical (unpaired) electrons. The lowest BCUT2D eigenvalue weighted by atomic mass is 9.79. The van der Waals surface area contributed by atoms with E-state index in [1.165, 1.54) is 31.2 Å². The van der Waals surface area contributed by atoms with Crippen molar-refractivity contribution in [3.63, 3.8) is 0 Å². The Bertz CT molecular complexity index is 890. The van der Waals surface area contributed by atoms with Crippen molar-refractivity contribution in [2.75, 3.05) is 20.2 Å². The summed E-state index contributed by atoms with van der Waals surface area (Å²) in [5.74, 6) is 3.65. The maximum absolute atomic E-state index is 5.48. The molecule has 4 rings (SSSR count). The molecule has 1 unspecified atom stereocenters. The van der Waals surface area contributed by atoms with Crippen LogP contribution in [0.3, 0.4) is 0 Å². The van der Waals surface area contributed by atoms with Gasteiger partial charge in [-0.15, -0.1) is 24.0 Å². The number of aliphatic imine (C=N–C) groups is 1. The lowest BCUT2D eigenvalue weighted by molar-refractivity contribution is 0.395. The Morgan fingerprint density at radius 2 is 2.10 bits per heavy atom. The molecule has 1 aromatic carbocycles. The van der Waals surface area contributed by atoms with Crippen molar-refractivity contribution in [1.29, 1.82) is 0 Å². The molecule has 2 heterocycles. The van der Waals surface area contributed by atoms with Gasteiger partial charge in [-0.25, -0.2) is 9.67 Å². The van der Waals surface area contributed by atoms with Crippen LogP contribution in [0.15, 0.2) is 29.3 Å². The van der Waals surface area contributed by atoms with Crippen LogP contribution in [0.2, 0.25) is 0 Å². The maximum Gasteiger partial charge on any atom is 0.191 e. The molecule has 2 N–H and O–H groups in total. The average Bonchev–Trinajstić information content (AvgIpc) is 3.39. The summed E-state index contributed by atoms with van der Waals surface area (Å²) in [4.78, 5) is 9.73. The average molecular weight is 538 g/mol. The first-order valence-electron chi connectivity index (χ1n) is 11.2. The molecule has 8 heteroatoms. The van der Waals surface area contributed by atoms with Gasteiger partial charge in [-0.2, -0.15) is 5.10 Å². The summed E-state index contributed by atoms with van der Waals surface area (Å²) in [7, 11) is 1.73. The zero-order valence-corrected chi connectivity index (χ0v) is 21.2. The number of nitrogens with one attached hydrogen (secondary N) is 2. The van der Waals surface area contributed by atoms with Crippen LogP contribution in [-0.4, -0.2) is 40.9 Å². The van der Waals surface area contributed by atoms with E-state index in [1.807, 2.05) is 17.7 Å². The first kappa shape index (κ1) is 23.8. The third kappa shape index (κ3) is 5.32. The summed E-state index contributed by atoms with van der Waals surface area (Å²) < 4.78 is 7.52. The number of aromatic nitrogens is 3. The predicted molar refractivity (Wildman–Crippen MR) is 134 cm³/mol. The third-order valence-electron chi connectivity index (χ3n) is 6.42. The van der Waals surface area contributed by atoms with Gasteiger partial charge in [0.15, 0.2) is 5.96 Å². The van der Waals surface area contributed by atoms with Crippen molar-refractivity contribution in [2.45, 2.75) is 70.4 Å². The van der Waals surface area contributed by atoms with Crippen molar-refractivity contribution < 1.29 is 4.74 Å². The monoisotopic (exact) mass is 538 g/mol. The van der Waals surface area contributed by atoms with E-state index in [0.717, 1.165) is 55.8 Å². The summed E-state index contributed by atoms with van der Waals surface area (Å²) in [6.45, 7) is 6.61. The number of hydrogen-bond acceptors (Lipinski definition) is 4. The zero-order chi connectivity index (χ0) is 21.0. The number of ether oxygens (including phenoxy) is 1. The van der Waals surface area contributed by atoms with Crippen molar-refractivity contribution in [2.24, 2.45) is 4.99 Å². The molecule has 1 aliphatic carbocycles. The highest BCUT2D eigenvalue weighted by molar-refractivity contribution is 14.0. The molecule has 31 heavy (non-hydrogen) atoms. The van der Waals surface area contributed by atoms with Gasteiger partial charge in [0, 0.05) is 18.5 Å². The number of halogens is 1. The van der Waals surface area contributed by atoms with Crippen LogP contribution in [0.5, 0.6) is 5.75 Å². The molecule has 1 aromatic heterocycles. The molecule has 0 saturated heterocycles. The van der Waals surface area contributed by atoms with E-state index in [-0.39, 0.29) is 35.4 Å². The molecule has 7 nitrogen and oxygen atoms in total. The van der Waals surface area contributed by atoms with Gasteiger partial charge in [0.1, 0.15) is 17.4 Å². The molecule has 2 aliphatic rings. The van der Waals surface area contributed by atoms with E-state index in [1.54, 1.807) is 7.11 Å². The number of rotatable bonds is 6. The van der Waals surface area contributed by atoms with Gasteiger partial charge in [-0.3, -0.25) is 4.99 Å². The van der Waals surface area contributed by atoms with Crippen LogP contribution >= 0.6 is 24.0 Å². The van der Waals surface area contributed by atoms with Crippen LogP contribution in [0.25, 0.3) is 0 Å². The Morgan fingerprint density at radius 1 is 1.29 bits per heavy atom. The highest BCUT2D eigenvalue weighted by Gasteiger charge is 2.36. The Balaban J connectivity index is 0.00000272. The highest BCUT2D eigenvalue weighted by atomic mass is 127. The van der Waals surface area contributed by atoms with E-state index >= 15 is 0 Å². The third-order valence-corrected chi connectivity index (χ3v) is 6.42. The Kier molecular flexibility index (Phi) is 8.18. The fourth-order valence-corrected chi connectivity index (χ4v) is 4.86. The predicted octanol–water partition coefficient (Wildman–Crippen LogP) is 4.12. The van der Waals surface area contributed by atoms with E-state index in [2.05, 4.69) is 45.8 Å². The molecule has 170 valence electrons. The zero-order valence-electron chi connectivity index (χ0n) is 18.9. The summed E-state index contributed by atoms with van der Waals surface area (Å²) in [5.41, 5.74) is 1.42.